The number of ether oxygens (including phenoxy) is 2. The third kappa shape index (κ3) is 3.50. The minimum absolute atomic E-state index is 0.339. The topological polar surface area (TPSA) is 68.3 Å². The van der Waals surface area contributed by atoms with Gasteiger partial charge in [-0.3, -0.25) is 14.4 Å². The molecule has 0 spiro atoms. The summed E-state index contributed by atoms with van der Waals surface area (Å²) in [4.78, 5) is 34.4. The van der Waals surface area contributed by atoms with Gasteiger partial charge in [0.1, 0.15) is 17.4 Å². The number of nitrogens with zero attached hydrogens (tertiary/aromatic N) is 2. The summed E-state index contributed by atoms with van der Waals surface area (Å²) < 4.78 is 11.0. The maximum Gasteiger partial charge on any atom is 0.266 e. The van der Waals surface area contributed by atoms with Gasteiger partial charge in [-0.15, -0.1) is 0 Å². The normalized spacial score (nSPS) is 22.0. The fourth-order valence-electron chi connectivity index (χ4n) is 4.44. The Bertz CT molecular complexity index is 1200. The van der Waals surface area contributed by atoms with Gasteiger partial charge in [0.05, 0.1) is 31.6 Å². The zero-order valence-corrected chi connectivity index (χ0v) is 18.7. The van der Waals surface area contributed by atoms with E-state index in [9.17, 15) is 9.59 Å². The van der Waals surface area contributed by atoms with Crippen LogP contribution in [0.25, 0.3) is 0 Å². The van der Waals surface area contributed by atoms with E-state index in [-0.39, 0.29) is 5.91 Å². The number of rotatable bonds is 5. The molecule has 2 saturated heterocycles. The number of hydrogen-bond donors (Lipinski definition) is 0. The van der Waals surface area contributed by atoms with Crippen LogP contribution in [0.5, 0.6) is 11.5 Å². The third-order valence-corrected chi connectivity index (χ3v) is 6.22. The predicted molar refractivity (Wildman–Crippen MR) is 124 cm³/mol. The minimum Gasteiger partial charge on any atom is -0.497 e. The van der Waals surface area contributed by atoms with E-state index in [2.05, 4.69) is 0 Å². The summed E-state index contributed by atoms with van der Waals surface area (Å²) in [7, 11) is 3.13. The van der Waals surface area contributed by atoms with Crippen molar-refractivity contribution >= 4 is 34.8 Å². The molecule has 2 heterocycles. The average Bonchev–Trinajstić information content (AvgIpc) is 3.35. The van der Waals surface area contributed by atoms with Gasteiger partial charge in [0.2, 0.25) is 5.91 Å². The fourth-order valence-corrected chi connectivity index (χ4v) is 4.56. The van der Waals surface area contributed by atoms with Crippen LogP contribution < -0.4 is 19.4 Å². The lowest BCUT2D eigenvalue weighted by Gasteiger charge is -2.29. The van der Waals surface area contributed by atoms with Gasteiger partial charge in [-0.25, -0.2) is 9.96 Å². The first-order valence-electron chi connectivity index (χ1n) is 10.4. The highest BCUT2D eigenvalue weighted by molar-refractivity contribution is 6.31. The standard InChI is InChI=1S/C25H21ClN2O5/c1-31-18-12-13-19(20(14-18)32-2)22-21-23(33-28(22)17-6-4-3-5-7-17)25(30)27(24(21)29)16-10-8-15(26)9-11-16/h3-14,21-23H,1-2H3/t21-,22+,23-/m1/s1. The summed E-state index contributed by atoms with van der Waals surface area (Å²) in [5, 5.41) is 2.15. The molecule has 5 rings (SSSR count). The van der Waals surface area contributed by atoms with Crippen molar-refractivity contribution in [2.75, 3.05) is 24.2 Å². The zero-order valence-electron chi connectivity index (χ0n) is 18.0. The number of carbonyl (C=O) groups excluding carboxylic acids is 2. The summed E-state index contributed by atoms with van der Waals surface area (Å²) in [5.41, 5.74) is 1.90. The van der Waals surface area contributed by atoms with Crippen LogP contribution in [0.4, 0.5) is 11.4 Å². The number of hydrogen-bond acceptors (Lipinski definition) is 6. The van der Waals surface area contributed by atoms with Crippen molar-refractivity contribution in [3.63, 3.8) is 0 Å². The Balaban J connectivity index is 1.62. The van der Waals surface area contributed by atoms with E-state index >= 15 is 0 Å². The van der Waals surface area contributed by atoms with Crippen LogP contribution >= 0.6 is 11.6 Å². The number of halogens is 1. The summed E-state index contributed by atoms with van der Waals surface area (Å²) in [6.07, 6.45) is -0.967. The second-order valence-electron chi connectivity index (χ2n) is 7.75. The molecule has 3 aromatic carbocycles. The Labute approximate surface area is 196 Å². The molecule has 0 unspecified atom stereocenters. The lowest BCUT2D eigenvalue weighted by atomic mass is 9.90. The van der Waals surface area contributed by atoms with Gasteiger partial charge >= 0.3 is 0 Å². The Kier molecular flexibility index (Phi) is 5.44. The predicted octanol–water partition coefficient (Wildman–Crippen LogP) is 4.41. The molecule has 33 heavy (non-hydrogen) atoms. The monoisotopic (exact) mass is 464 g/mol. The van der Waals surface area contributed by atoms with E-state index in [1.807, 2.05) is 36.4 Å². The van der Waals surface area contributed by atoms with E-state index < -0.39 is 24.0 Å². The molecule has 2 aliphatic heterocycles. The molecule has 0 N–H and O–H groups in total. The first kappa shape index (κ1) is 21.3. The number of fused-ring (bicyclic) bond motifs is 1. The molecule has 0 aliphatic carbocycles. The molecule has 0 aromatic heterocycles. The number of amides is 2. The molecule has 0 radical (unpaired) electrons. The Morgan fingerprint density at radius 3 is 2.24 bits per heavy atom. The van der Waals surface area contributed by atoms with Crippen molar-refractivity contribution in [3.05, 3.63) is 83.4 Å². The Hall–Kier alpha value is -3.55. The second kappa shape index (κ2) is 8.42. The number of para-hydroxylation sites is 1. The smallest absolute Gasteiger partial charge is 0.266 e. The minimum atomic E-state index is -0.967. The quantitative estimate of drug-likeness (QED) is 0.521. The van der Waals surface area contributed by atoms with E-state index in [1.165, 1.54) is 4.90 Å². The van der Waals surface area contributed by atoms with Gasteiger partial charge in [-0.2, -0.15) is 0 Å². The first-order valence-corrected chi connectivity index (χ1v) is 10.8. The highest BCUT2D eigenvalue weighted by atomic mass is 35.5. The van der Waals surface area contributed by atoms with Crippen molar-refractivity contribution in [3.8, 4) is 11.5 Å². The van der Waals surface area contributed by atoms with Crippen molar-refractivity contribution in [2.45, 2.75) is 12.1 Å². The molecule has 2 amide bonds. The van der Waals surface area contributed by atoms with Gasteiger partial charge in [0.25, 0.3) is 5.91 Å². The SMILES string of the molecule is COc1ccc([C@H]2[C@H]3C(=O)N(c4ccc(Cl)cc4)C(=O)[C@@H]3ON2c2ccccc2)c(OC)c1. The summed E-state index contributed by atoms with van der Waals surface area (Å²) in [6.45, 7) is 0. The first-order chi connectivity index (χ1) is 16.0. The van der Waals surface area contributed by atoms with Crippen molar-refractivity contribution in [2.24, 2.45) is 5.92 Å². The van der Waals surface area contributed by atoms with E-state index in [4.69, 9.17) is 25.9 Å². The maximum atomic E-state index is 13.7. The van der Waals surface area contributed by atoms with Crippen LogP contribution in [0.2, 0.25) is 5.02 Å². The number of imide groups is 1. The molecule has 2 fully saturated rings. The zero-order chi connectivity index (χ0) is 23.1. The average molecular weight is 465 g/mol. The van der Waals surface area contributed by atoms with Gasteiger partial charge in [-0.05, 0) is 48.5 Å². The molecule has 3 atom stereocenters. The van der Waals surface area contributed by atoms with Gasteiger partial charge in [0, 0.05) is 16.7 Å². The fraction of sp³-hybridized carbons (Fsp3) is 0.200. The molecule has 3 aromatic rings. The van der Waals surface area contributed by atoms with Crippen molar-refractivity contribution < 1.29 is 23.9 Å². The third-order valence-electron chi connectivity index (χ3n) is 5.97. The van der Waals surface area contributed by atoms with Gasteiger partial charge in [0.15, 0.2) is 6.10 Å². The van der Waals surface area contributed by atoms with Crippen molar-refractivity contribution in [1.29, 1.82) is 0 Å². The molecular formula is C25H21ClN2O5. The Morgan fingerprint density at radius 1 is 0.848 bits per heavy atom. The molecule has 168 valence electrons. The Morgan fingerprint density at radius 2 is 1.58 bits per heavy atom. The van der Waals surface area contributed by atoms with Crippen LogP contribution in [0.1, 0.15) is 11.6 Å². The van der Waals surface area contributed by atoms with Crippen LogP contribution in [0.15, 0.2) is 72.8 Å². The van der Waals surface area contributed by atoms with Crippen LogP contribution in [0.3, 0.4) is 0 Å². The maximum absolute atomic E-state index is 13.7. The van der Waals surface area contributed by atoms with E-state index in [1.54, 1.807) is 55.7 Å². The molecule has 0 bridgehead atoms. The van der Waals surface area contributed by atoms with Crippen LogP contribution in [-0.4, -0.2) is 32.1 Å². The molecule has 0 saturated carbocycles. The number of hydroxylamine groups is 1. The number of benzene rings is 3. The highest BCUT2D eigenvalue weighted by Gasteiger charge is 2.60. The lowest BCUT2D eigenvalue weighted by molar-refractivity contribution is -0.126. The number of anilines is 2. The largest absolute Gasteiger partial charge is 0.497 e. The molecule has 7 nitrogen and oxygen atoms in total. The lowest BCUT2D eigenvalue weighted by Crippen LogP contribution is -2.37. The van der Waals surface area contributed by atoms with Crippen LogP contribution in [-0.2, 0) is 14.4 Å². The van der Waals surface area contributed by atoms with Gasteiger partial charge in [-0.1, -0.05) is 29.8 Å². The number of carbonyl (C=O) groups is 2. The van der Waals surface area contributed by atoms with E-state index in [0.717, 1.165) is 5.69 Å². The molecular weight excluding hydrogens is 444 g/mol. The van der Waals surface area contributed by atoms with Gasteiger partial charge < -0.3 is 9.47 Å². The molecule has 2 aliphatic rings. The second-order valence-corrected chi connectivity index (χ2v) is 8.19. The number of methoxy groups -OCH3 is 2. The van der Waals surface area contributed by atoms with Crippen molar-refractivity contribution in [1.82, 2.24) is 0 Å². The van der Waals surface area contributed by atoms with E-state index in [0.29, 0.717) is 27.8 Å². The van der Waals surface area contributed by atoms with Crippen LogP contribution in [0, 0.1) is 5.92 Å². The highest BCUT2D eigenvalue weighted by Crippen LogP contribution is 2.50. The summed E-state index contributed by atoms with van der Waals surface area (Å²) >= 11 is 5.99. The molecule has 8 heteroatoms. The summed E-state index contributed by atoms with van der Waals surface area (Å²) in [5.74, 6) is -0.365. The summed E-state index contributed by atoms with van der Waals surface area (Å²) in [6, 6.07) is 20.8.